The second-order valence-corrected chi connectivity index (χ2v) is 9.77. The number of carbonyl (C=O) groups is 1. The Bertz CT molecular complexity index is 1030. The van der Waals surface area contributed by atoms with Crippen LogP contribution >= 0.6 is 0 Å². The fraction of sp³-hybridized carbons (Fsp3) is 0.531. The number of methoxy groups -OCH3 is 2. The van der Waals surface area contributed by atoms with Crippen molar-refractivity contribution >= 4 is 27.5 Å². The van der Waals surface area contributed by atoms with E-state index in [4.69, 9.17) is 18.9 Å². The highest BCUT2D eigenvalue weighted by molar-refractivity contribution is 6.05. The highest BCUT2D eigenvalue weighted by Crippen LogP contribution is 2.35. The topological polar surface area (TPSA) is 54.0 Å². The van der Waals surface area contributed by atoms with Crippen molar-refractivity contribution in [3.8, 4) is 0 Å². The molecule has 0 heterocycles. The molecule has 0 radical (unpaired) electrons. The highest BCUT2D eigenvalue weighted by atomic mass is 16.7. The van der Waals surface area contributed by atoms with Crippen LogP contribution in [-0.2, 0) is 23.7 Å². The lowest BCUT2D eigenvalue weighted by Gasteiger charge is -2.23. The summed E-state index contributed by atoms with van der Waals surface area (Å²) in [5, 5.41) is 4.25. The van der Waals surface area contributed by atoms with E-state index in [1.807, 2.05) is 24.3 Å². The van der Waals surface area contributed by atoms with E-state index in [0.29, 0.717) is 6.79 Å². The van der Waals surface area contributed by atoms with Crippen LogP contribution in [0.3, 0.4) is 0 Å². The first-order valence-electron chi connectivity index (χ1n) is 13.9. The molecule has 0 bridgehead atoms. The average Bonchev–Trinajstić information content (AvgIpc) is 2.92. The Morgan fingerprint density at radius 1 is 0.784 bits per heavy atom. The van der Waals surface area contributed by atoms with Crippen molar-refractivity contribution in [2.24, 2.45) is 0 Å². The van der Waals surface area contributed by atoms with E-state index in [0.717, 1.165) is 78.7 Å². The molecule has 0 spiro atoms. The molecule has 0 aliphatic rings. The standard InChI is InChI=1S/C32H44O5/c1-4-5-18-27(19-10-8-6-7-9-15-22-36-24-34-2)37-32(33)31(35-3)30-28-20-13-11-16-25(28)23-26-17-12-14-21-29(26)30/h11-14,16-17,20-21,23,27,31H,4-10,15,18-19,22,24H2,1-3H3/t27-,31-/m0/s1. The fourth-order valence-electron chi connectivity index (χ4n) is 5.01. The molecule has 0 saturated carbocycles. The van der Waals surface area contributed by atoms with Crippen LogP contribution < -0.4 is 0 Å². The molecular formula is C32H44O5. The molecule has 202 valence electrons. The number of ether oxygens (including phenoxy) is 4. The Labute approximate surface area is 222 Å². The van der Waals surface area contributed by atoms with Gasteiger partial charge in [-0.15, -0.1) is 0 Å². The minimum atomic E-state index is -0.763. The third-order valence-corrected chi connectivity index (χ3v) is 6.95. The quantitative estimate of drug-likeness (QED) is 0.0751. The van der Waals surface area contributed by atoms with Crippen molar-refractivity contribution in [1.29, 1.82) is 0 Å². The number of esters is 1. The zero-order chi connectivity index (χ0) is 26.3. The van der Waals surface area contributed by atoms with Gasteiger partial charge in [-0.3, -0.25) is 0 Å². The van der Waals surface area contributed by atoms with Crippen LogP contribution in [0.25, 0.3) is 21.5 Å². The summed E-state index contributed by atoms with van der Waals surface area (Å²) in [6.45, 7) is 3.31. The molecule has 0 unspecified atom stereocenters. The fourth-order valence-corrected chi connectivity index (χ4v) is 5.01. The molecule has 0 amide bonds. The first-order chi connectivity index (χ1) is 18.2. The summed E-state index contributed by atoms with van der Waals surface area (Å²) in [6, 6.07) is 18.5. The van der Waals surface area contributed by atoms with Gasteiger partial charge in [0.1, 0.15) is 12.9 Å². The normalized spacial score (nSPS) is 13.2. The Kier molecular flexibility index (Phi) is 12.9. The van der Waals surface area contributed by atoms with E-state index < -0.39 is 6.10 Å². The molecule has 0 aliphatic heterocycles. The van der Waals surface area contributed by atoms with E-state index in [1.54, 1.807) is 14.2 Å². The van der Waals surface area contributed by atoms with Gasteiger partial charge in [0.25, 0.3) is 0 Å². The van der Waals surface area contributed by atoms with Gasteiger partial charge >= 0.3 is 5.97 Å². The molecule has 0 fully saturated rings. The van der Waals surface area contributed by atoms with Crippen LogP contribution in [0.15, 0.2) is 54.6 Å². The Hall–Kier alpha value is -2.47. The molecule has 0 aromatic heterocycles. The molecular weight excluding hydrogens is 464 g/mol. The van der Waals surface area contributed by atoms with E-state index in [2.05, 4.69) is 37.3 Å². The minimum absolute atomic E-state index is 0.0752. The van der Waals surface area contributed by atoms with E-state index in [-0.39, 0.29) is 12.1 Å². The lowest BCUT2D eigenvalue weighted by molar-refractivity contribution is -0.162. The van der Waals surface area contributed by atoms with Crippen LogP contribution in [0.2, 0.25) is 0 Å². The van der Waals surface area contributed by atoms with Gasteiger partial charge in [0.2, 0.25) is 0 Å². The van der Waals surface area contributed by atoms with Crippen molar-refractivity contribution in [3.63, 3.8) is 0 Å². The van der Waals surface area contributed by atoms with Crippen molar-refractivity contribution in [2.75, 3.05) is 27.6 Å². The second kappa shape index (κ2) is 16.4. The molecule has 37 heavy (non-hydrogen) atoms. The summed E-state index contributed by atoms with van der Waals surface area (Å²) in [6.07, 6.45) is 9.95. The number of carbonyl (C=O) groups excluding carboxylic acids is 1. The lowest BCUT2D eigenvalue weighted by Crippen LogP contribution is -2.25. The van der Waals surface area contributed by atoms with Crippen LogP contribution in [0.1, 0.15) is 82.8 Å². The van der Waals surface area contributed by atoms with Gasteiger partial charge in [-0.05, 0) is 53.3 Å². The second-order valence-electron chi connectivity index (χ2n) is 9.77. The number of hydrogen-bond acceptors (Lipinski definition) is 5. The first kappa shape index (κ1) is 29.1. The van der Waals surface area contributed by atoms with E-state index >= 15 is 0 Å². The molecule has 3 aromatic carbocycles. The maximum atomic E-state index is 13.5. The third-order valence-electron chi connectivity index (χ3n) is 6.95. The van der Waals surface area contributed by atoms with Crippen LogP contribution in [-0.4, -0.2) is 39.7 Å². The average molecular weight is 509 g/mol. The number of hydrogen-bond donors (Lipinski definition) is 0. The van der Waals surface area contributed by atoms with Crippen LogP contribution in [0.4, 0.5) is 0 Å². The predicted octanol–water partition coefficient (Wildman–Crippen LogP) is 8.13. The number of unbranched alkanes of at least 4 members (excludes halogenated alkanes) is 6. The third kappa shape index (κ3) is 8.80. The van der Waals surface area contributed by atoms with Crippen molar-refractivity contribution < 1.29 is 23.7 Å². The smallest absolute Gasteiger partial charge is 0.340 e. The maximum absolute atomic E-state index is 13.5. The minimum Gasteiger partial charge on any atom is -0.460 e. The predicted molar refractivity (Wildman–Crippen MR) is 151 cm³/mol. The summed E-state index contributed by atoms with van der Waals surface area (Å²) < 4.78 is 22.2. The van der Waals surface area contributed by atoms with Crippen molar-refractivity contribution in [1.82, 2.24) is 0 Å². The van der Waals surface area contributed by atoms with Crippen molar-refractivity contribution in [3.05, 3.63) is 60.2 Å². The van der Waals surface area contributed by atoms with Gasteiger partial charge in [-0.2, -0.15) is 0 Å². The number of benzene rings is 3. The molecule has 0 N–H and O–H groups in total. The Morgan fingerprint density at radius 3 is 2.00 bits per heavy atom. The Balaban J connectivity index is 1.62. The van der Waals surface area contributed by atoms with Crippen LogP contribution in [0.5, 0.6) is 0 Å². The molecule has 3 aromatic rings. The highest BCUT2D eigenvalue weighted by Gasteiger charge is 2.28. The number of fused-ring (bicyclic) bond motifs is 2. The van der Waals surface area contributed by atoms with E-state index in [9.17, 15) is 4.79 Å². The zero-order valence-corrected chi connectivity index (χ0v) is 22.9. The molecule has 2 atom stereocenters. The first-order valence-corrected chi connectivity index (χ1v) is 13.9. The van der Waals surface area contributed by atoms with Crippen molar-refractivity contribution in [2.45, 2.75) is 83.3 Å². The van der Waals surface area contributed by atoms with Gasteiger partial charge in [0.05, 0.1) is 0 Å². The number of rotatable bonds is 18. The lowest BCUT2D eigenvalue weighted by atomic mass is 9.93. The molecule has 5 heteroatoms. The summed E-state index contributed by atoms with van der Waals surface area (Å²) in [7, 11) is 3.25. The maximum Gasteiger partial charge on any atom is 0.340 e. The van der Waals surface area contributed by atoms with Crippen LogP contribution in [0, 0.1) is 0 Å². The molecule has 0 saturated heterocycles. The van der Waals surface area contributed by atoms with Gasteiger partial charge in [-0.1, -0.05) is 94.0 Å². The summed E-state index contributed by atoms with van der Waals surface area (Å²) in [5.74, 6) is -0.291. The van der Waals surface area contributed by atoms with E-state index in [1.165, 1.54) is 19.3 Å². The van der Waals surface area contributed by atoms with Gasteiger partial charge in [-0.25, -0.2) is 4.79 Å². The SMILES string of the molecule is CCCC[C@@H](CCCCCCCCOCOC)OC(=O)[C@@H](OC)c1c2ccccc2cc2ccccc12. The largest absolute Gasteiger partial charge is 0.460 e. The molecule has 5 nitrogen and oxygen atoms in total. The van der Waals surface area contributed by atoms with Gasteiger partial charge < -0.3 is 18.9 Å². The Morgan fingerprint density at radius 2 is 1.38 bits per heavy atom. The van der Waals surface area contributed by atoms with Gasteiger partial charge in [0, 0.05) is 26.4 Å². The summed E-state index contributed by atoms with van der Waals surface area (Å²) >= 11 is 0. The van der Waals surface area contributed by atoms with Gasteiger partial charge in [0.15, 0.2) is 6.10 Å². The zero-order valence-electron chi connectivity index (χ0n) is 22.9. The monoisotopic (exact) mass is 508 g/mol. The molecule has 0 aliphatic carbocycles. The molecule has 3 rings (SSSR count). The summed E-state index contributed by atoms with van der Waals surface area (Å²) in [4.78, 5) is 13.5. The summed E-state index contributed by atoms with van der Waals surface area (Å²) in [5.41, 5.74) is 0.893.